The molecular weight excluding hydrogens is 273 g/mol. The number of aliphatic hydroxyl groups is 1. The molecule has 0 aliphatic heterocycles. The summed E-state index contributed by atoms with van der Waals surface area (Å²) in [4.78, 5) is 0. The van der Waals surface area contributed by atoms with Gasteiger partial charge >= 0.3 is 0 Å². The zero-order chi connectivity index (χ0) is 15.3. The Morgan fingerprint density at radius 1 is 1.19 bits per heavy atom. The fourth-order valence-corrected chi connectivity index (χ4v) is 1.70. The third-order valence-corrected chi connectivity index (χ3v) is 2.92. The Bertz CT molecular complexity index is 359. The lowest BCUT2D eigenvalue weighted by Crippen LogP contribution is -2.32. The van der Waals surface area contributed by atoms with Crippen molar-refractivity contribution >= 4 is 0 Å². The second-order valence-corrected chi connectivity index (χ2v) is 4.94. The van der Waals surface area contributed by atoms with Crippen molar-refractivity contribution in [2.24, 2.45) is 0 Å². The van der Waals surface area contributed by atoms with E-state index in [0.29, 0.717) is 12.3 Å². The summed E-state index contributed by atoms with van der Waals surface area (Å²) in [6.45, 7) is 5.17. The van der Waals surface area contributed by atoms with Crippen molar-refractivity contribution < 1.29 is 19.0 Å². The number of halogens is 1. The van der Waals surface area contributed by atoms with Gasteiger partial charge in [-0.3, -0.25) is 0 Å². The first-order valence-corrected chi connectivity index (χ1v) is 7.57. The summed E-state index contributed by atoms with van der Waals surface area (Å²) in [7, 11) is 0. The fourth-order valence-electron chi connectivity index (χ4n) is 1.70. The van der Waals surface area contributed by atoms with Gasteiger partial charge in [0.2, 0.25) is 0 Å². The number of hydrogen-bond acceptors (Lipinski definition) is 4. The topological polar surface area (TPSA) is 50.7 Å². The lowest BCUT2D eigenvalue weighted by atomic mass is 10.3. The lowest BCUT2D eigenvalue weighted by molar-refractivity contribution is 0.103. The van der Waals surface area contributed by atoms with E-state index >= 15 is 0 Å². The van der Waals surface area contributed by atoms with Gasteiger partial charge in [0, 0.05) is 19.8 Å². The Balaban J connectivity index is 1.96. The van der Waals surface area contributed by atoms with Crippen LogP contribution in [0.2, 0.25) is 0 Å². The Morgan fingerprint density at radius 2 is 1.90 bits per heavy atom. The molecule has 4 nitrogen and oxygen atoms in total. The first kappa shape index (κ1) is 17.9. The molecule has 5 heteroatoms. The molecule has 0 bridgehead atoms. The summed E-state index contributed by atoms with van der Waals surface area (Å²) in [6, 6.07) is 5.75. The molecule has 1 aromatic carbocycles. The predicted octanol–water partition coefficient (Wildman–Crippen LogP) is 2.36. The number of nitrogens with one attached hydrogen (secondary N) is 1. The average molecular weight is 299 g/mol. The normalized spacial score (nSPS) is 12.3. The molecule has 0 aliphatic carbocycles. The third-order valence-electron chi connectivity index (χ3n) is 2.92. The highest BCUT2D eigenvalue weighted by Crippen LogP contribution is 2.11. The molecule has 0 aliphatic rings. The summed E-state index contributed by atoms with van der Waals surface area (Å²) >= 11 is 0. The van der Waals surface area contributed by atoms with Gasteiger partial charge in [0.25, 0.3) is 0 Å². The van der Waals surface area contributed by atoms with Gasteiger partial charge in [0.15, 0.2) is 0 Å². The van der Waals surface area contributed by atoms with Gasteiger partial charge in [0.05, 0.1) is 0 Å². The highest BCUT2D eigenvalue weighted by molar-refractivity contribution is 5.22. The maximum Gasteiger partial charge on any atom is 0.123 e. The van der Waals surface area contributed by atoms with Crippen LogP contribution in [0, 0.1) is 5.82 Å². The van der Waals surface area contributed by atoms with E-state index in [1.54, 1.807) is 12.1 Å². The number of hydrogen-bond donors (Lipinski definition) is 2. The van der Waals surface area contributed by atoms with Gasteiger partial charge in [-0.15, -0.1) is 0 Å². The van der Waals surface area contributed by atoms with E-state index in [0.717, 1.165) is 39.0 Å². The van der Waals surface area contributed by atoms with Crippen LogP contribution in [0.4, 0.5) is 4.39 Å². The van der Waals surface area contributed by atoms with Crippen LogP contribution in [0.25, 0.3) is 0 Å². The summed E-state index contributed by atoms with van der Waals surface area (Å²) in [5, 5.41) is 12.9. The van der Waals surface area contributed by atoms with Crippen molar-refractivity contribution in [1.29, 1.82) is 0 Å². The van der Waals surface area contributed by atoms with E-state index in [1.165, 1.54) is 12.1 Å². The van der Waals surface area contributed by atoms with Gasteiger partial charge < -0.3 is 19.9 Å². The molecule has 1 unspecified atom stereocenters. The van der Waals surface area contributed by atoms with Crippen molar-refractivity contribution in [3.05, 3.63) is 30.1 Å². The van der Waals surface area contributed by atoms with E-state index < -0.39 is 6.10 Å². The van der Waals surface area contributed by atoms with Crippen molar-refractivity contribution in [2.75, 3.05) is 32.9 Å². The van der Waals surface area contributed by atoms with Crippen LogP contribution in [-0.4, -0.2) is 44.1 Å². The molecule has 1 rings (SSSR count). The van der Waals surface area contributed by atoms with Crippen molar-refractivity contribution in [3.63, 3.8) is 0 Å². The first-order chi connectivity index (χ1) is 10.2. The number of ether oxygens (including phenoxy) is 2. The number of rotatable bonds is 12. The first-order valence-electron chi connectivity index (χ1n) is 7.57. The van der Waals surface area contributed by atoms with Crippen molar-refractivity contribution in [1.82, 2.24) is 5.32 Å². The zero-order valence-corrected chi connectivity index (χ0v) is 12.7. The molecule has 120 valence electrons. The molecule has 0 amide bonds. The third kappa shape index (κ3) is 9.39. The molecule has 1 aromatic rings. The van der Waals surface area contributed by atoms with Gasteiger partial charge in [-0.1, -0.05) is 13.3 Å². The van der Waals surface area contributed by atoms with Crippen LogP contribution in [0.15, 0.2) is 24.3 Å². The minimum Gasteiger partial charge on any atom is -0.491 e. The molecule has 0 saturated carbocycles. The Morgan fingerprint density at radius 3 is 2.62 bits per heavy atom. The largest absolute Gasteiger partial charge is 0.491 e. The molecule has 0 fully saturated rings. The second kappa shape index (κ2) is 11.5. The molecule has 0 spiro atoms. The van der Waals surface area contributed by atoms with Gasteiger partial charge in [-0.05, 0) is 43.7 Å². The van der Waals surface area contributed by atoms with Crippen LogP contribution in [-0.2, 0) is 4.74 Å². The Kier molecular flexibility index (Phi) is 9.78. The molecule has 0 heterocycles. The Labute approximate surface area is 126 Å². The summed E-state index contributed by atoms with van der Waals surface area (Å²) < 4.78 is 23.5. The van der Waals surface area contributed by atoms with Crippen LogP contribution >= 0.6 is 0 Å². The average Bonchev–Trinajstić information content (AvgIpc) is 2.49. The Hall–Kier alpha value is -1.17. The lowest BCUT2D eigenvalue weighted by Gasteiger charge is -2.13. The van der Waals surface area contributed by atoms with Crippen LogP contribution in [0.3, 0.4) is 0 Å². The highest BCUT2D eigenvalue weighted by Gasteiger charge is 2.04. The minimum atomic E-state index is -0.587. The van der Waals surface area contributed by atoms with E-state index in [9.17, 15) is 9.50 Å². The summed E-state index contributed by atoms with van der Waals surface area (Å²) in [5.74, 6) is 0.255. The van der Waals surface area contributed by atoms with Crippen molar-refractivity contribution in [2.45, 2.75) is 32.3 Å². The van der Waals surface area contributed by atoms with Gasteiger partial charge in [-0.25, -0.2) is 4.39 Å². The van der Waals surface area contributed by atoms with E-state index in [1.807, 2.05) is 0 Å². The fraction of sp³-hybridized carbons (Fsp3) is 0.625. The monoisotopic (exact) mass is 299 g/mol. The minimum absolute atomic E-state index is 0.186. The molecular formula is C16H26FNO3. The van der Waals surface area contributed by atoms with E-state index in [4.69, 9.17) is 9.47 Å². The van der Waals surface area contributed by atoms with Crippen LogP contribution in [0.5, 0.6) is 5.75 Å². The molecule has 21 heavy (non-hydrogen) atoms. The highest BCUT2D eigenvalue weighted by atomic mass is 19.1. The molecule has 2 N–H and O–H groups in total. The zero-order valence-electron chi connectivity index (χ0n) is 12.7. The van der Waals surface area contributed by atoms with E-state index in [-0.39, 0.29) is 12.4 Å². The van der Waals surface area contributed by atoms with Crippen LogP contribution < -0.4 is 10.1 Å². The number of benzene rings is 1. The summed E-state index contributed by atoms with van der Waals surface area (Å²) in [6.07, 6.45) is 2.59. The quantitative estimate of drug-likeness (QED) is 0.582. The molecule has 1 atom stereocenters. The molecule has 0 aromatic heterocycles. The number of aliphatic hydroxyl groups excluding tert-OH is 1. The summed E-state index contributed by atoms with van der Waals surface area (Å²) in [5.41, 5.74) is 0. The van der Waals surface area contributed by atoms with Gasteiger partial charge in [0.1, 0.15) is 24.3 Å². The van der Waals surface area contributed by atoms with Crippen molar-refractivity contribution in [3.8, 4) is 5.75 Å². The number of unbranched alkanes of at least 4 members (excludes halogenated alkanes) is 1. The molecule has 0 saturated heterocycles. The van der Waals surface area contributed by atoms with Crippen LogP contribution in [0.1, 0.15) is 26.2 Å². The SMILES string of the molecule is CCCCOCCCNCC(O)COc1ccc(F)cc1. The molecule has 0 radical (unpaired) electrons. The second-order valence-electron chi connectivity index (χ2n) is 4.94. The predicted molar refractivity (Wildman–Crippen MR) is 81.1 cm³/mol. The standard InChI is InChI=1S/C16H26FNO3/c1-2-3-10-20-11-4-9-18-12-15(19)13-21-16-7-5-14(17)6-8-16/h5-8,15,18-19H,2-4,9-13H2,1H3. The smallest absolute Gasteiger partial charge is 0.123 e. The maximum absolute atomic E-state index is 12.7. The van der Waals surface area contributed by atoms with Gasteiger partial charge in [-0.2, -0.15) is 0 Å². The van der Waals surface area contributed by atoms with E-state index in [2.05, 4.69) is 12.2 Å². The maximum atomic E-state index is 12.7.